The molecular weight excluding hydrogens is 345 g/mol. The summed E-state index contributed by atoms with van der Waals surface area (Å²) in [6, 6.07) is 5.25. The van der Waals surface area contributed by atoms with Gasteiger partial charge in [-0.2, -0.15) is 13.2 Å². The van der Waals surface area contributed by atoms with Gasteiger partial charge in [0.25, 0.3) is 0 Å². The van der Waals surface area contributed by atoms with Gasteiger partial charge in [-0.25, -0.2) is 4.98 Å². The summed E-state index contributed by atoms with van der Waals surface area (Å²) in [4.78, 5) is 6.87. The molecule has 2 aromatic rings. The van der Waals surface area contributed by atoms with E-state index in [2.05, 4.69) is 9.88 Å². The zero-order valence-electron chi connectivity index (χ0n) is 15.0. The Hall–Kier alpha value is -1.86. The van der Waals surface area contributed by atoms with Crippen LogP contribution in [0.4, 0.5) is 13.2 Å². The lowest BCUT2D eigenvalue weighted by Gasteiger charge is -2.34. The van der Waals surface area contributed by atoms with Gasteiger partial charge in [0.2, 0.25) is 5.89 Å². The second kappa shape index (κ2) is 7.80. The molecule has 1 fully saturated rings. The molecule has 1 aliphatic rings. The number of piperidine rings is 1. The molecule has 3 rings (SSSR count). The number of alkyl halides is 3. The van der Waals surface area contributed by atoms with Crippen LogP contribution in [0.1, 0.15) is 36.3 Å². The number of rotatable bonds is 5. The first kappa shape index (κ1) is 18.9. The molecule has 26 heavy (non-hydrogen) atoms. The maximum atomic E-state index is 12.7. The molecule has 4 nitrogen and oxygen atoms in total. The predicted molar refractivity (Wildman–Crippen MR) is 91.6 cm³/mol. The SMILES string of the molecule is COC[C@@H]1CCCCN1Cc1nc(-c2ccc(C(F)(F)F)cc2)oc1C. The van der Waals surface area contributed by atoms with Crippen LogP contribution in [0.3, 0.4) is 0 Å². The predicted octanol–water partition coefficient (Wildman–Crippen LogP) is 4.67. The largest absolute Gasteiger partial charge is 0.441 e. The van der Waals surface area contributed by atoms with Crippen LogP contribution in [0.15, 0.2) is 28.7 Å². The maximum absolute atomic E-state index is 12.7. The molecule has 2 heterocycles. The molecule has 142 valence electrons. The van der Waals surface area contributed by atoms with Crippen LogP contribution in [0.2, 0.25) is 0 Å². The van der Waals surface area contributed by atoms with Crippen LogP contribution in [0.5, 0.6) is 0 Å². The minimum absolute atomic E-state index is 0.353. The molecule has 0 bridgehead atoms. The number of methoxy groups -OCH3 is 1. The molecule has 1 aromatic heterocycles. The van der Waals surface area contributed by atoms with Gasteiger partial charge in [-0.05, 0) is 50.6 Å². The van der Waals surface area contributed by atoms with Gasteiger partial charge in [0.05, 0.1) is 17.9 Å². The van der Waals surface area contributed by atoms with Crippen LogP contribution in [0, 0.1) is 6.92 Å². The van der Waals surface area contributed by atoms with E-state index in [1.54, 1.807) is 7.11 Å². The Balaban J connectivity index is 1.76. The minimum Gasteiger partial charge on any atom is -0.441 e. The highest BCUT2D eigenvalue weighted by atomic mass is 19.4. The fraction of sp³-hybridized carbons (Fsp3) is 0.526. The molecule has 1 aromatic carbocycles. The Bertz CT molecular complexity index is 723. The van der Waals surface area contributed by atoms with E-state index in [4.69, 9.17) is 9.15 Å². The summed E-state index contributed by atoms with van der Waals surface area (Å²) in [6.45, 7) is 4.16. The Morgan fingerprint density at radius 3 is 2.62 bits per heavy atom. The van der Waals surface area contributed by atoms with Crippen LogP contribution in [-0.4, -0.2) is 36.2 Å². The molecule has 0 unspecified atom stereocenters. The summed E-state index contributed by atoms with van der Waals surface area (Å²) in [7, 11) is 1.71. The Morgan fingerprint density at radius 2 is 1.96 bits per heavy atom. The smallest absolute Gasteiger partial charge is 0.416 e. The Labute approximate surface area is 151 Å². The minimum atomic E-state index is -4.35. The van der Waals surface area contributed by atoms with E-state index < -0.39 is 11.7 Å². The average molecular weight is 368 g/mol. The summed E-state index contributed by atoms with van der Waals surface area (Å²) in [5.74, 6) is 1.05. The number of benzene rings is 1. The van der Waals surface area contributed by atoms with E-state index in [9.17, 15) is 13.2 Å². The lowest BCUT2D eigenvalue weighted by molar-refractivity contribution is -0.137. The number of hydrogen-bond acceptors (Lipinski definition) is 4. The van der Waals surface area contributed by atoms with Gasteiger partial charge in [0, 0.05) is 25.3 Å². The summed E-state index contributed by atoms with van der Waals surface area (Å²) in [5.41, 5.74) is 0.683. The van der Waals surface area contributed by atoms with Gasteiger partial charge in [-0.15, -0.1) is 0 Å². The zero-order chi connectivity index (χ0) is 18.7. The first-order valence-electron chi connectivity index (χ1n) is 8.75. The van der Waals surface area contributed by atoms with E-state index in [1.165, 1.54) is 18.6 Å². The van der Waals surface area contributed by atoms with Crippen molar-refractivity contribution in [3.63, 3.8) is 0 Å². The van der Waals surface area contributed by atoms with Crippen molar-refractivity contribution in [3.05, 3.63) is 41.3 Å². The first-order chi connectivity index (χ1) is 12.4. The number of oxazole rings is 1. The average Bonchev–Trinajstić information content (AvgIpc) is 2.97. The monoisotopic (exact) mass is 368 g/mol. The molecule has 0 saturated carbocycles. The van der Waals surface area contributed by atoms with E-state index in [0.717, 1.165) is 37.2 Å². The van der Waals surface area contributed by atoms with Gasteiger partial charge in [0.1, 0.15) is 5.76 Å². The van der Waals surface area contributed by atoms with Crippen molar-refractivity contribution in [1.29, 1.82) is 0 Å². The van der Waals surface area contributed by atoms with Crippen LogP contribution in [-0.2, 0) is 17.5 Å². The molecule has 1 saturated heterocycles. The van der Waals surface area contributed by atoms with Crippen molar-refractivity contribution >= 4 is 0 Å². The van der Waals surface area contributed by atoms with Crippen molar-refractivity contribution in [3.8, 4) is 11.5 Å². The lowest BCUT2D eigenvalue weighted by atomic mass is 10.0. The van der Waals surface area contributed by atoms with Gasteiger partial charge in [-0.1, -0.05) is 6.42 Å². The van der Waals surface area contributed by atoms with Crippen LogP contribution >= 0.6 is 0 Å². The third-order valence-corrected chi connectivity index (χ3v) is 4.81. The number of hydrogen-bond donors (Lipinski definition) is 0. The fourth-order valence-electron chi connectivity index (χ4n) is 3.34. The molecule has 0 amide bonds. The molecule has 1 atom stereocenters. The van der Waals surface area contributed by atoms with E-state index in [1.807, 2.05) is 6.92 Å². The second-order valence-electron chi connectivity index (χ2n) is 6.67. The summed E-state index contributed by atoms with van der Waals surface area (Å²) < 4.78 is 49.1. The first-order valence-corrected chi connectivity index (χ1v) is 8.75. The number of aryl methyl sites for hydroxylation is 1. The van der Waals surface area contributed by atoms with Crippen LogP contribution in [0.25, 0.3) is 11.5 Å². The second-order valence-corrected chi connectivity index (χ2v) is 6.67. The molecular formula is C19H23F3N2O2. The summed E-state index contributed by atoms with van der Waals surface area (Å²) >= 11 is 0. The lowest BCUT2D eigenvalue weighted by Crippen LogP contribution is -2.41. The van der Waals surface area contributed by atoms with Crippen molar-refractivity contribution < 1.29 is 22.3 Å². The standard InChI is InChI=1S/C19H23F3N2O2/c1-13-17(11-24-10-4-3-5-16(24)12-25-2)23-18(26-13)14-6-8-15(9-7-14)19(20,21)22/h6-9,16H,3-5,10-12H2,1-2H3/t16-/m0/s1. The van der Waals surface area contributed by atoms with Crippen LogP contribution < -0.4 is 0 Å². The third kappa shape index (κ3) is 4.27. The van der Waals surface area contributed by atoms with Gasteiger partial charge in [0.15, 0.2) is 0 Å². The molecule has 0 N–H and O–H groups in total. The normalized spacial score (nSPS) is 19.0. The summed E-state index contributed by atoms with van der Waals surface area (Å²) in [5, 5.41) is 0. The van der Waals surface area contributed by atoms with Gasteiger partial charge >= 0.3 is 6.18 Å². The van der Waals surface area contributed by atoms with E-state index in [-0.39, 0.29) is 0 Å². The van der Waals surface area contributed by atoms with E-state index in [0.29, 0.717) is 36.4 Å². The van der Waals surface area contributed by atoms with Crippen molar-refractivity contribution in [1.82, 2.24) is 9.88 Å². The van der Waals surface area contributed by atoms with Crippen molar-refractivity contribution in [2.45, 2.75) is 44.9 Å². The number of nitrogens with zero attached hydrogens (tertiary/aromatic N) is 2. The number of halogens is 3. The highest BCUT2D eigenvalue weighted by molar-refractivity contribution is 5.54. The topological polar surface area (TPSA) is 38.5 Å². The third-order valence-electron chi connectivity index (χ3n) is 4.81. The molecule has 0 aliphatic carbocycles. The Kier molecular flexibility index (Phi) is 5.67. The fourth-order valence-corrected chi connectivity index (χ4v) is 3.34. The number of ether oxygens (including phenoxy) is 1. The Morgan fingerprint density at radius 1 is 1.23 bits per heavy atom. The van der Waals surface area contributed by atoms with Gasteiger partial charge < -0.3 is 9.15 Å². The summed E-state index contributed by atoms with van der Waals surface area (Å²) in [6.07, 6.45) is -0.917. The van der Waals surface area contributed by atoms with Crippen molar-refractivity contribution in [2.75, 3.05) is 20.3 Å². The number of aromatic nitrogens is 1. The maximum Gasteiger partial charge on any atom is 0.416 e. The quantitative estimate of drug-likeness (QED) is 0.769. The highest BCUT2D eigenvalue weighted by Gasteiger charge is 2.30. The van der Waals surface area contributed by atoms with Crippen molar-refractivity contribution in [2.24, 2.45) is 0 Å². The molecule has 7 heteroatoms. The van der Waals surface area contributed by atoms with Gasteiger partial charge in [-0.3, -0.25) is 4.90 Å². The highest BCUT2D eigenvalue weighted by Crippen LogP contribution is 2.31. The molecule has 0 radical (unpaired) electrons. The molecule has 0 spiro atoms. The number of likely N-dealkylation sites (tertiary alicyclic amines) is 1. The van der Waals surface area contributed by atoms with E-state index >= 15 is 0 Å². The molecule has 1 aliphatic heterocycles. The zero-order valence-corrected chi connectivity index (χ0v) is 15.0.